The summed E-state index contributed by atoms with van der Waals surface area (Å²) in [5, 5.41) is 14.4. The maximum absolute atomic E-state index is 11.2. The van der Waals surface area contributed by atoms with Gasteiger partial charge in [-0.05, 0) is 71.0 Å². The molecule has 0 radical (unpaired) electrons. The zero-order chi connectivity index (χ0) is 24.9. The lowest BCUT2D eigenvalue weighted by molar-refractivity contribution is 0.0696. The number of rotatable bonds is 8. The Morgan fingerprint density at radius 1 is 0.861 bits per heavy atom. The number of hydrogen-bond donors (Lipinski definition) is 2. The van der Waals surface area contributed by atoms with E-state index in [1.54, 1.807) is 18.2 Å². The number of nitrogens with zero attached hydrogens (tertiary/aromatic N) is 1. The lowest BCUT2D eigenvalue weighted by Gasteiger charge is -2.15. The van der Waals surface area contributed by atoms with Gasteiger partial charge in [-0.25, -0.2) is 4.79 Å². The zero-order valence-corrected chi connectivity index (χ0v) is 20.4. The van der Waals surface area contributed by atoms with Gasteiger partial charge in [-0.2, -0.15) is 0 Å². The highest BCUT2D eigenvalue weighted by Crippen LogP contribution is 2.36. The van der Waals surface area contributed by atoms with Crippen LogP contribution in [0.5, 0.6) is 0 Å². The lowest BCUT2D eigenvalue weighted by atomic mass is 9.92. The second-order valence-electron chi connectivity index (χ2n) is 8.72. The molecule has 0 bridgehead atoms. The highest BCUT2D eigenvalue weighted by atomic mass is 35.5. The molecule has 36 heavy (non-hydrogen) atoms. The molecule has 0 spiro atoms. The van der Waals surface area contributed by atoms with Gasteiger partial charge in [0.1, 0.15) is 0 Å². The molecule has 4 aromatic carbocycles. The normalized spacial score (nSPS) is 10.9. The molecular weight excluding hydrogens is 468 g/mol. The van der Waals surface area contributed by atoms with E-state index in [4.69, 9.17) is 16.6 Å². The summed E-state index contributed by atoms with van der Waals surface area (Å²) in [6, 6.07) is 31.7. The van der Waals surface area contributed by atoms with Crippen LogP contribution in [0.3, 0.4) is 0 Å². The lowest BCUT2D eigenvalue weighted by Crippen LogP contribution is -2.06. The molecule has 0 aliphatic rings. The third kappa shape index (κ3) is 5.24. The monoisotopic (exact) mass is 492 g/mol. The van der Waals surface area contributed by atoms with Gasteiger partial charge >= 0.3 is 5.97 Å². The van der Waals surface area contributed by atoms with E-state index in [0.717, 1.165) is 51.7 Å². The number of benzene rings is 4. The Bertz CT molecular complexity index is 1530. The second kappa shape index (κ2) is 10.6. The van der Waals surface area contributed by atoms with Gasteiger partial charge in [0.25, 0.3) is 0 Å². The number of aromatic carboxylic acids is 1. The number of pyridine rings is 1. The summed E-state index contributed by atoms with van der Waals surface area (Å²) in [6.45, 7) is 0.687. The molecule has 0 aliphatic carbocycles. The van der Waals surface area contributed by atoms with E-state index >= 15 is 0 Å². The molecule has 5 heteroatoms. The molecule has 1 heterocycles. The number of anilines is 1. The van der Waals surface area contributed by atoms with Crippen molar-refractivity contribution in [3.8, 4) is 11.1 Å². The Morgan fingerprint density at radius 2 is 1.64 bits per heavy atom. The SMILES string of the molecule is O=C(O)c1cccc(CCNc2cccc(-c3c(Cc4ccccc4)cnc4c(Cl)cccc34)c2)c1. The largest absolute Gasteiger partial charge is 0.478 e. The predicted molar refractivity (Wildman–Crippen MR) is 147 cm³/mol. The predicted octanol–water partition coefficient (Wildman–Crippen LogP) is 7.50. The third-order valence-corrected chi connectivity index (χ3v) is 6.54. The minimum Gasteiger partial charge on any atom is -0.478 e. The van der Waals surface area contributed by atoms with E-state index in [-0.39, 0.29) is 0 Å². The molecule has 1 aromatic heterocycles. The van der Waals surface area contributed by atoms with E-state index < -0.39 is 5.97 Å². The zero-order valence-electron chi connectivity index (χ0n) is 19.6. The number of para-hydroxylation sites is 1. The smallest absolute Gasteiger partial charge is 0.335 e. The van der Waals surface area contributed by atoms with Crippen molar-refractivity contribution >= 4 is 34.2 Å². The maximum atomic E-state index is 11.2. The molecular formula is C31H25ClN2O2. The van der Waals surface area contributed by atoms with E-state index in [1.165, 1.54) is 5.56 Å². The van der Waals surface area contributed by atoms with Crippen molar-refractivity contribution in [3.63, 3.8) is 0 Å². The average molecular weight is 493 g/mol. The maximum Gasteiger partial charge on any atom is 0.335 e. The van der Waals surface area contributed by atoms with Crippen LogP contribution in [0.1, 0.15) is 27.0 Å². The molecule has 4 nitrogen and oxygen atoms in total. The fourth-order valence-electron chi connectivity index (χ4n) is 4.51. The number of carboxylic acids is 1. The van der Waals surface area contributed by atoms with E-state index in [1.807, 2.05) is 42.6 Å². The van der Waals surface area contributed by atoms with Gasteiger partial charge < -0.3 is 10.4 Å². The summed E-state index contributed by atoms with van der Waals surface area (Å²) in [5.41, 5.74) is 7.67. The number of carbonyl (C=O) groups is 1. The number of fused-ring (bicyclic) bond motifs is 1. The van der Waals surface area contributed by atoms with Gasteiger partial charge in [0, 0.05) is 23.8 Å². The molecule has 0 amide bonds. The highest BCUT2D eigenvalue weighted by Gasteiger charge is 2.14. The standard InChI is InChI=1S/C31H25ClN2O2/c32-28-14-6-13-27-29(25(20-34-30(27)28)18-21-7-2-1-3-8-21)23-10-5-12-26(19-23)33-16-15-22-9-4-11-24(17-22)31(35)36/h1-14,17,19-20,33H,15-16,18H2,(H,35,36). The van der Waals surface area contributed by atoms with Crippen LogP contribution in [0.25, 0.3) is 22.0 Å². The molecule has 5 aromatic rings. The van der Waals surface area contributed by atoms with Crippen LogP contribution in [0.15, 0.2) is 103 Å². The van der Waals surface area contributed by atoms with Gasteiger partial charge in [0.15, 0.2) is 0 Å². The highest BCUT2D eigenvalue weighted by molar-refractivity contribution is 6.35. The van der Waals surface area contributed by atoms with Crippen molar-refractivity contribution in [1.82, 2.24) is 4.98 Å². The Morgan fingerprint density at radius 3 is 2.47 bits per heavy atom. The quantitative estimate of drug-likeness (QED) is 0.235. The number of nitrogens with one attached hydrogen (secondary N) is 1. The number of aromatic nitrogens is 1. The Labute approximate surface area is 215 Å². The summed E-state index contributed by atoms with van der Waals surface area (Å²) < 4.78 is 0. The Balaban J connectivity index is 1.45. The second-order valence-corrected chi connectivity index (χ2v) is 9.13. The van der Waals surface area contributed by atoms with Crippen LogP contribution in [0.2, 0.25) is 5.02 Å². The molecule has 0 saturated carbocycles. The van der Waals surface area contributed by atoms with Gasteiger partial charge in [-0.1, -0.05) is 78.3 Å². The Hall–Kier alpha value is -4.15. The molecule has 5 rings (SSSR count). The number of carboxylic acid groups (broad SMARTS) is 1. The van der Waals surface area contributed by atoms with Crippen molar-refractivity contribution in [3.05, 3.63) is 131 Å². The van der Waals surface area contributed by atoms with Crippen molar-refractivity contribution in [2.24, 2.45) is 0 Å². The van der Waals surface area contributed by atoms with Crippen LogP contribution in [0, 0.1) is 0 Å². The van der Waals surface area contributed by atoms with Crippen molar-refractivity contribution < 1.29 is 9.90 Å². The van der Waals surface area contributed by atoms with Gasteiger partial charge in [0.2, 0.25) is 0 Å². The third-order valence-electron chi connectivity index (χ3n) is 6.23. The number of hydrogen-bond acceptors (Lipinski definition) is 3. The summed E-state index contributed by atoms with van der Waals surface area (Å²) >= 11 is 6.51. The van der Waals surface area contributed by atoms with Crippen molar-refractivity contribution in [2.45, 2.75) is 12.8 Å². The minimum atomic E-state index is -0.909. The Kier molecular flexibility index (Phi) is 6.96. The molecule has 0 atom stereocenters. The minimum absolute atomic E-state index is 0.309. The fraction of sp³-hybridized carbons (Fsp3) is 0.0968. The van der Waals surface area contributed by atoms with Crippen LogP contribution in [-0.4, -0.2) is 22.6 Å². The van der Waals surface area contributed by atoms with Crippen molar-refractivity contribution in [1.29, 1.82) is 0 Å². The van der Waals surface area contributed by atoms with E-state index in [2.05, 4.69) is 47.8 Å². The first kappa shape index (κ1) is 23.6. The molecule has 2 N–H and O–H groups in total. The first-order valence-corrected chi connectivity index (χ1v) is 12.2. The fourth-order valence-corrected chi connectivity index (χ4v) is 4.74. The summed E-state index contributed by atoms with van der Waals surface area (Å²) in [5.74, 6) is -0.909. The van der Waals surface area contributed by atoms with Crippen LogP contribution < -0.4 is 5.32 Å². The molecule has 0 unspecified atom stereocenters. The first-order valence-electron chi connectivity index (χ1n) is 11.8. The van der Waals surface area contributed by atoms with Crippen molar-refractivity contribution in [2.75, 3.05) is 11.9 Å². The van der Waals surface area contributed by atoms with Gasteiger partial charge in [-0.3, -0.25) is 4.98 Å². The molecule has 0 fully saturated rings. The van der Waals surface area contributed by atoms with Gasteiger partial charge in [-0.15, -0.1) is 0 Å². The van der Waals surface area contributed by atoms with Crippen LogP contribution in [-0.2, 0) is 12.8 Å². The van der Waals surface area contributed by atoms with Crippen LogP contribution in [0.4, 0.5) is 5.69 Å². The summed E-state index contributed by atoms with van der Waals surface area (Å²) in [7, 11) is 0. The summed E-state index contributed by atoms with van der Waals surface area (Å²) in [4.78, 5) is 15.9. The van der Waals surface area contributed by atoms with E-state index in [9.17, 15) is 9.90 Å². The number of halogens is 1. The van der Waals surface area contributed by atoms with Crippen LogP contribution >= 0.6 is 11.6 Å². The molecule has 0 saturated heterocycles. The first-order chi connectivity index (χ1) is 17.6. The van der Waals surface area contributed by atoms with E-state index in [0.29, 0.717) is 17.1 Å². The topological polar surface area (TPSA) is 62.2 Å². The molecule has 178 valence electrons. The summed E-state index contributed by atoms with van der Waals surface area (Å²) in [6.07, 6.45) is 3.42. The average Bonchev–Trinajstić information content (AvgIpc) is 2.90. The molecule has 0 aliphatic heterocycles. The van der Waals surface area contributed by atoms with Gasteiger partial charge in [0.05, 0.1) is 16.1 Å².